The lowest BCUT2D eigenvalue weighted by atomic mass is 9.89. The van der Waals surface area contributed by atoms with Crippen molar-refractivity contribution in [3.8, 4) is 11.5 Å². The third-order valence-corrected chi connectivity index (χ3v) is 10.4. The second kappa shape index (κ2) is 14.5. The van der Waals surface area contributed by atoms with E-state index < -0.39 is 46.1 Å². The summed E-state index contributed by atoms with van der Waals surface area (Å²) >= 11 is 8.27. The minimum atomic E-state index is -1.76. The lowest BCUT2D eigenvalue weighted by molar-refractivity contribution is -0.688. The number of hydrogen-bond acceptors (Lipinski definition) is 16. The molecule has 2 atom stereocenters. The van der Waals surface area contributed by atoms with Crippen LogP contribution in [0, 0.1) is 5.92 Å². The Kier molecular flexibility index (Phi) is 10.1. The van der Waals surface area contributed by atoms with Gasteiger partial charge < -0.3 is 31.2 Å². The number of aromatic nitrogens is 7. The van der Waals surface area contributed by atoms with E-state index in [1.807, 2.05) is 4.57 Å². The number of amides is 2. The number of thioether (sulfide) groups is 1. The van der Waals surface area contributed by atoms with Gasteiger partial charge in [-0.05, 0) is 36.8 Å². The Bertz CT molecular complexity index is 2120. The number of aromatic amines is 1. The number of β-lactam (4-membered cyclic amide) rings is 1. The molecule has 1 fully saturated rings. The molecule has 0 aliphatic carbocycles. The van der Waals surface area contributed by atoms with Gasteiger partial charge in [0.25, 0.3) is 5.91 Å². The molecule has 0 unspecified atom stereocenters. The highest BCUT2D eigenvalue weighted by Gasteiger charge is 2.54. The number of pyridine rings is 1. The highest BCUT2D eigenvalue weighted by Crippen LogP contribution is 2.47. The molecule has 0 radical (unpaired) electrons. The van der Waals surface area contributed by atoms with E-state index in [1.54, 1.807) is 24.5 Å². The number of phenolic OH excluding ortho intramolecular Hbond substituents is 2. The van der Waals surface area contributed by atoms with Gasteiger partial charge in [-0.3, -0.25) is 19.3 Å². The van der Waals surface area contributed by atoms with Crippen LogP contribution in [0.2, 0.25) is 5.02 Å². The molecule has 1 saturated heterocycles. The van der Waals surface area contributed by atoms with E-state index in [0.717, 1.165) is 22.7 Å². The first-order chi connectivity index (χ1) is 24.7. The van der Waals surface area contributed by atoms with Crippen LogP contribution in [0.1, 0.15) is 47.8 Å². The molecule has 22 heteroatoms. The molecule has 3 aromatic heterocycles. The summed E-state index contributed by atoms with van der Waals surface area (Å²) in [5.41, 5.74) is 5.62. The molecule has 1 aromatic carbocycles. The molecular formula is C30H29ClN11O8S2+. The lowest BCUT2D eigenvalue weighted by Gasteiger charge is -2.49. The summed E-state index contributed by atoms with van der Waals surface area (Å²) in [6, 6.07) is 6.07. The Balaban J connectivity index is 1.16. The fourth-order valence-corrected chi connectivity index (χ4v) is 7.28. The summed E-state index contributed by atoms with van der Waals surface area (Å²) in [6.45, 7) is 3.01. The van der Waals surface area contributed by atoms with Crippen LogP contribution in [0.3, 0.4) is 0 Å². The summed E-state index contributed by atoms with van der Waals surface area (Å²) < 4.78 is 5.90. The van der Waals surface area contributed by atoms with E-state index in [9.17, 15) is 34.5 Å². The Morgan fingerprint density at radius 2 is 1.98 bits per heavy atom. The Morgan fingerprint density at radius 3 is 2.63 bits per heavy atom. The number of carboxylic acids is 1. The fraction of sp³-hybridized carbons (Fsp3) is 0.300. The number of tetrazole rings is 1. The minimum absolute atomic E-state index is 0.00757. The molecule has 0 bridgehead atoms. The number of Topliss-reactive ketones (excluding diaryl/α,β-unsaturated/α-hetero) is 1. The van der Waals surface area contributed by atoms with Gasteiger partial charge in [-0.25, -0.2) is 9.36 Å². The second-order valence-corrected chi connectivity index (χ2v) is 14.3. The van der Waals surface area contributed by atoms with Crippen LogP contribution in [0.5, 0.6) is 11.5 Å². The van der Waals surface area contributed by atoms with Crippen LogP contribution in [0.15, 0.2) is 47.4 Å². The molecule has 270 valence electrons. The van der Waals surface area contributed by atoms with Crippen LogP contribution >= 0.6 is 34.9 Å². The number of oxime groups is 1. The minimum Gasteiger partial charge on any atom is -0.504 e. The monoisotopic (exact) mass is 770 g/mol. The van der Waals surface area contributed by atoms with Crippen molar-refractivity contribution in [1.29, 1.82) is 0 Å². The number of aliphatic carboxylic acids is 1. The lowest BCUT2D eigenvalue weighted by Crippen LogP contribution is -2.61. The van der Waals surface area contributed by atoms with E-state index in [0.29, 0.717) is 18.0 Å². The van der Waals surface area contributed by atoms with Crippen molar-refractivity contribution < 1.29 is 43.9 Å². The van der Waals surface area contributed by atoms with Gasteiger partial charge >= 0.3 is 5.97 Å². The molecule has 2 amide bonds. The van der Waals surface area contributed by atoms with Gasteiger partial charge in [0, 0.05) is 48.0 Å². The van der Waals surface area contributed by atoms with Crippen molar-refractivity contribution in [2.45, 2.75) is 44.3 Å². The van der Waals surface area contributed by atoms with Gasteiger partial charge in [-0.2, -0.15) is 14.6 Å². The number of nitrogens with two attached hydrogens (primary N) is 1. The average Bonchev–Trinajstić information content (AvgIpc) is 3.81. The van der Waals surface area contributed by atoms with Crippen molar-refractivity contribution in [2.75, 3.05) is 11.5 Å². The summed E-state index contributed by atoms with van der Waals surface area (Å²) in [5, 5.41) is 49.0. The Morgan fingerprint density at radius 1 is 1.23 bits per heavy atom. The predicted molar refractivity (Wildman–Crippen MR) is 184 cm³/mol. The molecule has 0 saturated carbocycles. The van der Waals surface area contributed by atoms with Gasteiger partial charge in [0.15, 0.2) is 47.1 Å². The first-order valence-electron chi connectivity index (χ1n) is 15.2. The highest BCUT2D eigenvalue weighted by atomic mass is 35.5. The molecule has 5 heterocycles. The van der Waals surface area contributed by atoms with Crippen molar-refractivity contribution in [1.82, 2.24) is 40.2 Å². The maximum absolute atomic E-state index is 13.7. The molecule has 52 heavy (non-hydrogen) atoms. The zero-order valence-electron chi connectivity index (χ0n) is 27.2. The number of H-pyrrole nitrogens is 1. The average molecular weight is 771 g/mol. The Hall–Kier alpha value is -5.67. The number of rotatable bonds is 13. The van der Waals surface area contributed by atoms with E-state index in [-0.39, 0.29) is 52.0 Å². The summed E-state index contributed by atoms with van der Waals surface area (Å²) in [5.74, 6) is -4.12. The highest BCUT2D eigenvalue weighted by molar-refractivity contribution is 8.00. The van der Waals surface area contributed by atoms with Crippen molar-refractivity contribution in [3.63, 3.8) is 0 Å². The molecule has 6 rings (SSSR count). The van der Waals surface area contributed by atoms with E-state index >= 15 is 0 Å². The van der Waals surface area contributed by atoms with Crippen molar-refractivity contribution in [2.24, 2.45) is 11.1 Å². The molecule has 4 aromatic rings. The van der Waals surface area contributed by atoms with E-state index in [2.05, 4.69) is 40.5 Å². The summed E-state index contributed by atoms with van der Waals surface area (Å²) in [6.07, 6.45) is 3.31. The van der Waals surface area contributed by atoms with Crippen molar-refractivity contribution >= 4 is 75.0 Å². The molecule has 2 aliphatic heterocycles. The maximum Gasteiger partial charge on any atom is 0.350 e. The smallest absolute Gasteiger partial charge is 0.350 e. The number of nitrogens with one attached hydrogen (secondary N) is 2. The number of carbonyl (C=O) groups is 4. The van der Waals surface area contributed by atoms with E-state index in [1.165, 1.54) is 42.6 Å². The number of ketones is 1. The Labute approximate surface area is 306 Å². The van der Waals surface area contributed by atoms with Crippen LogP contribution in [-0.4, -0.2) is 96.2 Å². The zero-order chi connectivity index (χ0) is 37.3. The summed E-state index contributed by atoms with van der Waals surface area (Å²) in [7, 11) is 0. The number of nitrogens with zero attached hydrogens (tertiary/aromatic N) is 8. The number of hydrogen-bond donors (Lipinski definition) is 6. The topological polar surface area (TPSA) is 276 Å². The number of phenols is 2. The van der Waals surface area contributed by atoms with Gasteiger partial charge in [-0.15, -0.1) is 22.0 Å². The number of nitrogen functional groups attached to an aromatic ring is 1. The summed E-state index contributed by atoms with van der Waals surface area (Å²) in [4.78, 5) is 62.1. The number of anilines is 1. The second-order valence-electron chi connectivity index (χ2n) is 12.0. The number of halogens is 1. The molecule has 19 nitrogen and oxygen atoms in total. The number of fused-ring (bicyclic) bond motifs is 1. The van der Waals surface area contributed by atoms with Crippen LogP contribution in [0.4, 0.5) is 5.13 Å². The van der Waals surface area contributed by atoms with Crippen molar-refractivity contribution in [3.05, 3.63) is 70.0 Å². The number of aromatic hydroxyl groups is 2. The zero-order valence-corrected chi connectivity index (χ0v) is 29.6. The van der Waals surface area contributed by atoms with Gasteiger partial charge in [0.2, 0.25) is 23.2 Å². The quantitative estimate of drug-likeness (QED) is 0.0365. The maximum atomic E-state index is 13.7. The van der Waals surface area contributed by atoms with Gasteiger partial charge in [0.05, 0.1) is 27.6 Å². The van der Waals surface area contributed by atoms with E-state index in [4.69, 9.17) is 22.2 Å². The largest absolute Gasteiger partial charge is 0.504 e. The first kappa shape index (κ1) is 36.1. The third-order valence-electron chi connectivity index (χ3n) is 8.04. The van der Waals surface area contributed by atoms with Gasteiger partial charge in [-0.1, -0.05) is 16.8 Å². The van der Waals surface area contributed by atoms with Gasteiger partial charge in [0.1, 0.15) is 0 Å². The predicted octanol–water partition coefficient (Wildman–Crippen LogP) is 1.10. The van der Waals surface area contributed by atoms with Crippen LogP contribution in [-0.2, 0) is 32.3 Å². The van der Waals surface area contributed by atoms with Crippen LogP contribution < -0.4 is 15.6 Å². The molecule has 7 N–H and O–H groups in total. The SMILES string of the molecule is CC(C)(O/N=C(\C(=O)C[C@@H]1C(=O)N2C(c3nn[nH]n3)=C(C[n+]3ccc(CNC(=O)c4ccc(O)c(O)c4Cl)cc3)CS[C@H]12)c1nsc(N)n1)C(=O)O. The number of carbonyl (C=O) groups excluding carboxylic acids is 3. The normalized spacial score (nSPS) is 17.4. The first-order valence-corrected chi connectivity index (χ1v) is 17.4. The molecular weight excluding hydrogens is 742 g/mol. The molecule has 0 spiro atoms. The third kappa shape index (κ3) is 7.22. The number of benzene rings is 1. The van der Waals surface area contributed by atoms with Crippen LogP contribution in [0.25, 0.3) is 5.70 Å². The fourth-order valence-electron chi connectivity index (χ4n) is 5.20. The number of carboxylic acid groups (broad SMARTS) is 1. The standard InChI is InChI=1S/C30H28ClN11O8S2/c1-30(2,28(48)49)50-37-20(23-34-29(32)52-38-23)18(44)9-16-26(47)42-21(24-35-39-40-36-24)14(12-51-27(16)42)11-41-7-5-13(6-8-41)10-33-25(46)15-3-4-17(43)22(45)19(15)31/h3-8,16,27H,9-12H2,1-2H3,(H6-,32,33,34,35,36,37,38,39,40,43,44,45,46,48,49)/p+1/t16-,27-/m1/s1. The molecule has 2 aliphatic rings.